The molecule has 0 spiro atoms. The van der Waals surface area contributed by atoms with Crippen LogP contribution in [0.5, 0.6) is 5.75 Å². The summed E-state index contributed by atoms with van der Waals surface area (Å²) in [6.45, 7) is 0. The van der Waals surface area contributed by atoms with Gasteiger partial charge in [0.1, 0.15) is 11.8 Å². The topological polar surface area (TPSA) is 68.4 Å². The van der Waals surface area contributed by atoms with Crippen molar-refractivity contribution in [3.63, 3.8) is 0 Å². The number of nitrogens with zero attached hydrogens (tertiary/aromatic N) is 1. The zero-order valence-corrected chi connectivity index (χ0v) is 19.0. The SMILES string of the molecule is FC(F)(F)c1cc(Br)c2nc(Nc3ccccc3OC3=COC=C(C4=CC=CCC4)O3)[nH]c2c1. The number of allylic oxidation sites excluding steroid dienone is 4. The van der Waals surface area contributed by atoms with Crippen molar-refractivity contribution < 1.29 is 27.4 Å². The molecule has 0 radical (unpaired) electrons. The first-order valence-corrected chi connectivity index (χ1v) is 11.1. The third-order valence-corrected chi connectivity index (χ3v) is 5.70. The van der Waals surface area contributed by atoms with Crippen molar-refractivity contribution >= 4 is 38.6 Å². The molecular weight excluding hydrogens is 515 g/mol. The van der Waals surface area contributed by atoms with E-state index < -0.39 is 11.7 Å². The summed E-state index contributed by atoms with van der Waals surface area (Å²) in [6.07, 6.45) is 6.13. The van der Waals surface area contributed by atoms with Crippen molar-refractivity contribution in [2.24, 2.45) is 0 Å². The van der Waals surface area contributed by atoms with Crippen LogP contribution in [0.2, 0.25) is 0 Å². The Bertz CT molecular complexity index is 1370. The van der Waals surface area contributed by atoms with E-state index in [9.17, 15) is 13.2 Å². The molecule has 0 amide bonds. The first kappa shape index (κ1) is 22.1. The lowest BCUT2D eigenvalue weighted by molar-refractivity contribution is -0.137. The maximum absolute atomic E-state index is 13.1. The maximum Gasteiger partial charge on any atom is 0.416 e. The fraction of sp³-hybridized carbons (Fsp3) is 0.125. The molecule has 1 aromatic heterocycles. The molecule has 5 rings (SSSR count). The molecule has 34 heavy (non-hydrogen) atoms. The van der Waals surface area contributed by atoms with Gasteiger partial charge in [0.15, 0.2) is 17.8 Å². The molecule has 0 atom stereocenters. The summed E-state index contributed by atoms with van der Waals surface area (Å²) in [5.41, 5.74) is 1.34. The van der Waals surface area contributed by atoms with Gasteiger partial charge < -0.3 is 24.5 Å². The third kappa shape index (κ3) is 4.67. The summed E-state index contributed by atoms with van der Waals surface area (Å²) in [7, 11) is 0. The molecule has 2 aliphatic rings. The lowest BCUT2D eigenvalue weighted by atomic mass is 10.0. The van der Waals surface area contributed by atoms with Gasteiger partial charge in [-0.2, -0.15) is 13.2 Å². The summed E-state index contributed by atoms with van der Waals surface area (Å²) >= 11 is 3.17. The second-order valence-corrected chi connectivity index (χ2v) is 8.33. The lowest BCUT2D eigenvalue weighted by Crippen LogP contribution is -2.09. The quantitative estimate of drug-likeness (QED) is 0.358. The smallest absolute Gasteiger partial charge is 0.416 e. The van der Waals surface area contributed by atoms with Crippen molar-refractivity contribution in [1.82, 2.24) is 9.97 Å². The fourth-order valence-corrected chi connectivity index (χ4v) is 4.04. The molecule has 1 aliphatic carbocycles. The highest BCUT2D eigenvalue weighted by Crippen LogP contribution is 2.36. The number of aromatic amines is 1. The van der Waals surface area contributed by atoms with Gasteiger partial charge >= 0.3 is 12.1 Å². The molecule has 3 aromatic rings. The summed E-state index contributed by atoms with van der Waals surface area (Å²) < 4.78 is 56.8. The highest BCUT2D eigenvalue weighted by Gasteiger charge is 2.31. The van der Waals surface area contributed by atoms with Crippen molar-refractivity contribution in [2.75, 3.05) is 5.32 Å². The number of H-pyrrole nitrogens is 1. The summed E-state index contributed by atoms with van der Waals surface area (Å²) in [5.74, 6) is 1.37. The molecule has 0 saturated heterocycles. The van der Waals surface area contributed by atoms with Crippen molar-refractivity contribution in [1.29, 1.82) is 0 Å². The number of alkyl halides is 3. The minimum Gasteiger partial charge on any atom is -0.461 e. The Hall–Kier alpha value is -3.66. The van der Waals surface area contributed by atoms with Gasteiger partial charge in [0.2, 0.25) is 5.95 Å². The molecular formula is C24H17BrF3N3O3. The van der Waals surface area contributed by atoms with E-state index in [0.717, 1.165) is 30.5 Å². The number of anilines is 2. The highest BCUT2D eigenvalue weighted by molar-refractivity contribution is 9.10. The molecule has 10 heteroatoms. The van der Waals surface area contributed by atoms with Crippen LogP contribution in [0.15, 0.2) is 88.9 Å². The van der Waals surface area contributed by atoms with Gasteiger partial charge in [-0.1, -0.05) is 30.4 Å². The minimum atomic E-state index is -4.47. The molecule has 2 aromatic carbocycles. The zero-order valence-electron chi connectivity index (χ0n) is 17.4. The summed E-state index contributed by atoms with van der Waals surface area (Å²) in [6, 6.07) is 9.04. The Morgan fingerprint density at radius 2 is 2.00 bits per heavy atom. The Morgan fingerprint density at radius 3 is 2.79 bits per heavy atom. The van der Waals surface area contributed by atoms with E-state index in [4.69, 9.17) is 14.2 Å². The zero-order chi connectivity index (χ0) is 23.7. The molecule has 1 aliphatic heterocycles. The van der Waals surface area contributed by atoms with Gasteiger partial charge in [0, 0.05) is 4.47 Å². The predicted octanol–water partition coefficient (Wildman–Crippen LogP) is 7.43. The van der Waals surface area contributed by atoms with E-state index in [2.05, 4.69) is 37.3 Å². The van der Waals surface area contributed by atoms with Crippen LogP contribution >= 0.6 is 15.9 Å². The lowest BCUT2D eigenvalue weighted by Gasteiger charge is -2.20. The molecule has 0 bridgehead atoms. The molecule has 0 fully saturated rings. The van der Waals surface area contributed by atoms with E-state index in [-0.39, 0.29) is 21.9 Å². The van der Waals surface area contributed by atoms with Crippen LogP contribution in [0, 0.1) is 0 Å². The molecule has 0 saturated carbocycles. The van der Waals surface area contributed by atoms with E-state index in [1.807, 2.05) is 12.2 Å². The van der Waals surface area contributed by atoms with Gasteiger partial charge in [0.25, 0.3) is 0 Å². The van der Waals surface area contributed by atoms with E-state index in [0.29, 0.717) is 22.7 Å². The van der Waals surface area contributed by atoms with E-state index >= 15 is 0 Å². The number of rotatable bonds is 5. The number of para-hydroxylation sites is 2. The van der Waals surface area contributed by atoms with Crippen LogP contribution < -0.4 is 10.1 Å². The fourth-order valence-electron chi connectivity index (χ4n) is 3.49. The van der Waals surface area contributed by atoms with Crippen molar-refractivity contribution in [3.05, 3.63) is 94.5 Å². The van der Waals surface area contributed by atoms with Crippen molar-refractivity contribution in [2.45, 2.75) is 19.0 Å². The van der Waals surface area contributed by atoms with Crippen LogP contribution in [0.25, 0.3) is 11.0 Å². The Morgan fingerprint density at radius 1 is 1.15 bits per heavy atom. The van der Waals surface area contributed by atoms with Crippen LogP contribution in [0.3, 0.4) is 0 Å². The monoisotopic (exact) mass is 531 g/mol. The first-order valence-electron chi connectivity index (χ1n) is 10.3. The maximum atomic E-state index is 13.1. The Kier molecular flexibility index (Phi) is 5.82. The molecule has 2 N–H and O–H groups in total. The van der Waals surface area contributed by atoms with Crippen LogP contribution in [0.1, 0.15) is 18.4 Å². The summed E-state index contributed by atoms with van der Waals surface area (Å²) in [4.78, 5) is 7.24. The van der Waals surface area contributed by atoms with Gasteiger partial charge in [-0.3, -0.25) is 0 Å². The largest absolute Gasteiger partial charge is 0.461 e. The van der Waals surface area contributed by atoms with Gasteiger partial charge in [-0.15, -0.1) is 0 Å². The average molecular weight is 532 g/mol. The van der Waals surface area contributed by atoms with Crippen LogP contribution in [-0.2, 0) is 15.7 Å². The standard InChI is InChI=1S/C24H17BrF3N3O3/c25-16-10-15(24(26,27)28)11-18-22(16)31-23(30-18)29-17-8-4-5-9-19(17)33-21-13-32-12-20(34-21)14-6-2-1-3-7-14/h1-2,4-6,8-13H,3,7H2,(H2,29,30,31). The number of benzene rings is 2. The Balaban J connectivity index is 1.36. The second-order valence-electron chi connectivity index (χ2n) is 7.48. The number of fused-ring (bicyclic) bond motifs is 1. The second kappa shape index (κ2) is 8.94. The number of hydrogen-bond acceptors (Lipinski definition) is 5. The number of imidazole rings is 1. The number of hydrogen-bond donors (Lipinski definition) is 2. The van der Waals surface area contributed by atoms with Gasteiger partial charge in [-0.25, -0.2) is 4.98 Å². The molecule has 174 valence electrons. The average Bonchev–Trinajstić information content (AvgIpc) is 3.24. The molecule has 0 unspecified atom stereocenters. The van der Waals surface area contributed by atoms with Crippen LogP contribution in [0.4, 0.5) is 24.8 Å². The van der Waals surface area contributed by atoms with Gasteiger partial charge in [0.05, 0.1) is 16.8 Å². The third-order valence-electron chi connectivity index (χ3n) is 5.10. The Labute approximate surface area is 200 Å². The molecule has 6 nitrogen and oxygen atoms in total. The van der Waals surface area contributed by atoms with Gasteiger partial charge in [-0.05, 0) is 58.6 Å². The number of aromatic nitrogens is 2. The number of ether oxygens (including phenoxy) is 3. The van der Waals surface area contributed by atoms with E-state index in [1.165, 1.54) is 12.5 Å². The highest BCUT2D eigenvalue weighted by atomic mass is 79.9. The van der Waals surface area contributed by atoms with Crippen LogP contribution in [-0.4, -0.2) is 9.97 Å². The number of nitrogens with one attached hydrogen (secondary N) is 2. The number of halogens is 4. The van der Waals surface area contributed by atoms with E-state index in [1.54, 1.807) is 24.3 Å². The predicted molar refractivity (Wildman–Crippen MR) is 124 cm³/mol. The normalized spacial score (nSPS) is 15.7. The molecule has 2 heterocycles. The first-order chi connectivity index (χ1) is 16.4. The summed E-state index contributed by atoms with van der Waals surface area (Å²) in [5, 5.41) is 3.06. The minimum absolute atomic E-state index is 0.143. The van der Waals surface area contributed by atoms with Crippen molar-refractivity contribution in [3.8, 4) is 5.75 Å².